The minimum Gasteiger partial charge on any atom is -0.349 e. The van der Waals surface area contributed by atoms with Crippen LogP contribution >= 0.6 is 34.9 Å². The van der Waals surface area contributed by atoms with Crippen LogP contribution in [-0.4, -0.2) is 40.6 Å². The molecular weight excluding hydrogens is 374 g/mol. The van der Waals surface area contributed by atoms with Gasteiger partial charge >= 0.3 is 0 Å². The molecule has 0 aliphatic heterocycles. The summed E-state index contributed by atoms with van der Waals surface area (Å²) in [5, 5.41) is 7.59. The third-order valence-corrected chi connectivity index (χ3v) is 5.59. The average Bonchev–Trinajstić information content (AvgIpc) is 3.16. The van der Waals surface area contributed by atoms with Crippen LogP contribution in [0.25, 0.3) is 0 Å². The van der Waals surface area contributed by atoms with Crippen LogP contribution in [0.2, 0.25) is 0 Å². The highest BCUT2D eigenvalue weighted by molar-refractivity contribution is 8.00. The largest absolute Gasteiger partial charge is 0.349 e. The average molecular weight is 396 g/mol. The first kappa shape index (κ1) is 19.8. The van der Waals surface area contributed by atoms with Crippen LogP contribution in [0.4, 0.5) is 0 Å². The van der Waals surface area contributed by atoms with Gasteiger partial charge in [-0.15, -0.1) is 23.1 Å². The van der Waals surface area contributed by atoms with Crippen LogP contribution in [0.3, 0.4) is 0 Å². The number of carbonyl (C=O) groups excluding carboxylic acids is 2. The maximum atomic E-state index is 12.4. The molecule has 0 saturated carbocycles. The van der Waals surface area contributed by atoms with Gasteiger partial charge < -0.3 is 10.6 Å². The van der Waals surface area contributed by atoms with E-state index in [4.69, 9.17) is 0 Å². The predicted molar refractivity (Wildman–Crippen MR) is 106 cm³/mol. The van der Waals surface area contributed by atoms with E-state index in [0.29, 0.717) is 18.7 Å². The van der Waals surface area contributed by atoms with E-state index in [-0.39, 0.29) is 11.8 Å². The third-order valence-electron chi connectivity index (χ3n) is 3.30. The molecule has 25 heavy (non-hydrogen) atoms. The number of hydrogen-bond donors (Lipinski definition) is 2. The summed E-state index contributed by atoms with van der Waals surface area (Å²) in [6.07, 6.45) is 2.59. The molecule has 0 spiro atoms. The van der Waals surface area contributed by atoms with Crippen molar-refractivity contribution < 1.29 is 9.59 Å². The zero-order valence-electron chi connectivity index (χ0n) is 13.9. The number of hydrogen-bond acceptors (Lipinski definition) is 6. The monoisotopic (exact) mass is 395 g/mol. The van der Waals surface area contributed by atoms with Crippen molar-refractivity contribution in [2.24, 2.45) is 0 Å². The van der Waals surface area contributed by atoms with Crippen LogP contribution in [-0.2, 0) is 16.1 Å². The summed E-state index contributed by atoms with van der Waals surface area (Å²) in [6, 6.07) is 9.22. The Labute approximate surface area is 160 Å². The van der Waals surface area contributed by atoms with Gasteiger partial charge in [-0.2, -0.15) is 11.8 Å². The van der Waals surface area contributed by atoms with Crippen molar-refractivity contribution in [2.75, 3.05) is 17.8 Å². The normalized spacial score (nSPS) is 11.7. The van der Waals surface area contributed by atoms with Gasteiger partial charge in [0.15, 0.2) is 0 Å². The van der Waals surface area contributed by atoms with Crippen molar-refractivity contribution in [3.63, 3.8) is 0 Å². The van der Waals surface area contributed by atoms with Gasteiger partial charge in [-0.25, -0.2) is 4.98 Å². The lowest BCUT2D eigenvalue weighted by molar-refractivity contribution is -0.128. The number of nitrogens with one attached hydrogen (secondary N) is 2. The van der Waals surface area contributed by atoms with Crippen molar-refractivity contribution in [2.45, 2.75) is 23.9 Å². The van der Waals surface area contributed by atoms with Gasteiger partial charge in [-0.3, -0.25) is 9.59 Å². The number of rotatable bonds is 10. The summed E-state index contributed by atoms with van der Waals surface area (Å²) in [5.74, 6) is 0.795. The van der Waals surface area contributed by atoms with E-state index in [2.05, 4.69) is 15.6 Å². The topological polar surface area (TPSA) is 71.1 Å². The molecule has 134 valence electrons. The van der Waals surface area contributed by atoms with E-state index in [1.807, 2.05) is 42.0 Å². The van der Waals surface area contributed by atoms with Crippen molar-refractivity contribution in [3.8, 4) is 0 Å². The summed E-state index contributed by atoms with van der Waals surface area (Å²) >= 11 is 4.60. The molecule has 2 N–H and O–H groups in total. The van der Waals surface area contributed by atoms with Crippen LogP contribution in [0.1, 0.15) is 12.1 Å². The minimum absolute atomic E-state index is 0.135. The zero-order valence-corrected chi connectivity index (χ0v) is 16.4. The first-order valence-corrected chi connectivity index (χ1v) is 11.1. The second-order valence-corrected chi connectivity index (χ2v) is 7.95. The number of amides is 2. The van der Waals surface area contributed by atoms with Gasteiger partial charge in [0, 0.05) is 10.3 Å². The number of aromatic nitrogens is 1. The molecule has 8 heteroatoms. The molecule has 1 aromatic carbocycles. The Hall–Kier alpha value is -1.51. The molecule has 2 rings (SSSR count). The lowest BCUT2D eigenvalue weighted by atomic mass is 10.2. The second-order valence-electron chi connectivity index (χ2n) is 5.20. The molecule has 1 unspecified atom stereocenters. The smallest absolute Gasteiger partial charge is 0.242 e. The van der Waals surface area contributed by atoms with E-state index in [0.717, 1.165) is 16.3 Å². The van der Waals surface area contributed by atoms with E-state index in [1.54, 1.807) is 17.3 Å². The summed E-state index contributed by atoms with van der Waals surface area (Å²) in [7, 11) is 0. The Balaban J connectivity index is 1.82. The third kappa shape index (κ3) is 7.50. The molecule has 0 aliphatic carbocycles. The molecular formula is C17H21N3O2S3. The van der Waals surface area contributed by atoms with Gasteiger partial charge in [0.25, 0.3) is 0 Å². The first-order chi connectivity index (χ1) is 12.2. The lowest BCUT2D eigenvalue weighted by Crippen LogP contribution is -2.47. The molecule has 1 aromatic heterocycles. The van der Waals surface area contributed by atoms with Crippen molar-refractivity contribution in [1.82, 2.24) is 15.6 Å². The molecule has 0 radical (unpaired) electrons. The fraction of sp³-hybridized carbons (Fsp3) is 0.353. The molecule has 0 saturated heterocycles. The number of nitrogens with zero attached hydrogens (tertiary/aromatic N) is 1. The molecule has 0 bridgehead atoms. The number of thioether (sulfide) groups is 2. The Morgan fingerprint density at radius 3 is 2.76 bits per heavy atom. The SMILES string of the molecule is CSCCC(NC(=O)CSc1ccccc1)C(=O)NCc1cscn1. The van der Waals surface area contributed by atoms with Gasteiger partial charge in [0.05, 0.1) is 23.5 Å². The van der Waals surface area contributed by atoms with Crippen molar-refractivity contribution in [3.05, 3.63) is 46.9 Å². The van der Waals surface area contributed by atoms with Crippen molar-refractivity contribution in [1.29, 1.82) is 0 Å². The molecule has 2 amide bonds. The minimum atomic E-state index is -0.519. The summed E-state index contributed by atoms with van der Waals surface area (Å²) in [5.41, 5.74) is 2.56. The maximum absolute atomic E-state index is 12.4. The van der Waals surface area contributed by atoms with Crippen molar-refractivity contribution >= 4 is 46.7 Å². The van der Waals surface area contributed by atoms with Gasteiger partial charge in [-0.1, -0.05) is 18.2 Å². The van der Waals surface area contributed by atoms with Crippen LogP contribution in [0, 0.1) is 0 Å². The Morgan fingerprint density at radius 1 is 1.28 bits per heavy atom. The fourth-order valence-corrected chi connectivity index (χ4v) is 3.79. The molecule has 2 aromatic rings. The Kier molecular flexibility index (Phi) is 8.85. The highest BCUT2D eigenvalue weighted by Crippen LogP contribution is 2.16. The number of thiazole rings is 1. The first-order valence-electron chi connectivity index (χ1n) is 7.80. The second kappa shape index (κ2) is 11.2. The van der Waals surface area contributed by atoms with Gasteiger partial charge in [-0.05, 0) is 30.6 Å². The fourth-order valence-electron chi connectivity index (χ4n) is 2.03. The summed E-state index contributed by atoms with van der Waals surface area (Å²) < 4.78 is 0. The van der Waals surface area contributed by atoms with E-state index in [1.165, 1.54) is 23.1 Å². The predicted octanol–water partition coefficient (Wildman–Crippen LogP) is 2.79. The quantitative estimate of drug-likeness (QED) is 0.605. The molecule has 1 atom stereocenters. The number of carbonyl (C=O) groups is 2. The summed E-state index contributed by atoms with van der Waals surface area (Å²) in [6.45, 7) is 0.382. The van der Waals surface area contributed by atoms with Crippen LogP contribution in [0.5, 0.6) is 0 Å². The number of benzene rings is 1. The Morgan fingerprint density at radius 2 is 2.08 bits per heavy atom. The lowest BCUT2D eigenvalue weighted by Gasteiger charge is -2.18. The van der Waals surface area contributed by atoms with Gasteiger partial charge in [0.1, 0.15) is 6.04 Å². The standard InChI is InChI=1S/C17H21N3O2S3/c1-23-8-7-15(17(22)18-9-13-10-24-12-19-13)20-16(21)11-25-14-5-3-2-4-6-14/h2-6,10,12,15H,7-9,11H2,1H3,(H,18,22)(H,20,21). The maximum Gasteiger partial charge on any atom is 0.242 e. The molecule has 0 fully saturated rings. The highest BCUT2D eigenvalue weighted by Gasteiger charge is 2.20. The highest BCUT2D eigenvalue weighted by atomic mass is 32.2. The molecule has 1 heterocycles. The van der Waals surface area contributed by atoms with Gasteiger partial charge in [0.2, 0.25) is 11.8 Å². The van der Waals surface area contributed by atoms with Crippen LogP contribution in [0.15, 0.2) is 46.1 Å². The van der Waals surface area contributed by atoms with E-state index < -0.39 is 6.04 Å². The molecule has 5 nitrogen and oxygen atoms in total. The summed E-state index contributed by atoms with van der Waals surface area (Å²) in [4.78, 5) is 29.8. The molecule has 0 aliphatic rings. The van der Waals surface area contributed by atoms with E-state index >= 15 is 0 Å². The Bertz CT molecular complexity index is 650. The zero-order chi connectivity index (χ0) is 17.9. The van der Waals surface area contributed by atoms with Crippen LogP contribution < -0.4 is 10.6 Å². The van der Waals surface area contributed by atoms with E-state index in [9.17, 15) is 9.59 Å².